The molecule has 0 radical (unpaired) electrons. The molecule has 0 spiro atoms. The molecule has 2 fully saturated rings. The number of rotatable bonds is 3. The average Bonchev–Trinajstić information content (AvgIpc) is 3.09. The van der Waals surface area contributed by atoms with Gasteiger partial charge in [0.15, 0.2) is 0 Å². The smallest absolute Gasteiger partial charge is 0.131 e. The van der Waals surface area contributed by atoms with Crippen molar-refractivity contribution in [2.45, 2.75) is 38.3 Å². The summed E-state index contributed by atoms with van der Waals surface area (Å²) in [6.07, 6.45) is 2.97. The van der Waals surface area contributed by atoms with Crippen LogP contribution in [0, 0.1) is 5.82 Å². The van der Waals surface area contributed by atoms with E-state index in [2.05, 4.69) is 9.80 Å². The summed E-state index contributed by atoms with van der Waals surface area (Å²) in [7, 11) is 0. The minimum Gasteiger partial charge on any atom is -0.389 e. The molecular weight excluding hydrogens is 255 g/mol. The number of hydrogen-bond acceptors (Lipinski definition) is 3. The highest BCUT2D eigenvalue weighted by molar-refractivity contribution is 5.56. The van der Waals surface area contributed by atoms with Crippen LogP contribution in [0.15, 0.2) is 18.2 Å². The Morgan fingerprint density at radius 1 is 1.25 bits per heavy atom. The Labute approximate surface area is 120 Å². The fourth-order valence-electron chi connectivity index (χ4n) is 3.58. The van der Waals surface area contributed by atoms with Gasteiger partial charge in [-0.3, -0.25) is 4.90 Å². The summed E-state index contributed by atoms with van der Waals surface area (Å²) in [5.41, 5.74) is 1.30. The van der Waals surface area contributed by atoms with Crippen molar-refractivity contribution in [3.63, 3.8) is 0 Å². The lowest BCUT2D eigenvalue weighted by molar-refractivity contribution is 0.194. The van der Waals surface area contributed by atoms with Crippen molar-refractivity contribution in [2.24, 2.45) is 0 Å². The van der Waals surface area contributed by atoms with Gasteiger partial charge in [-0.15, -0.1) is 0 Å². The summed E-state index contributed by atoms with van der Waals surface area (Å²) in [6, 6.07) is 5.68. The third kappa shape index (κ3) is 2.54. The van der Waals surface area contributed by atoms with E-state index in [9.17, 15) is 9.50 Å². The van der Waals surface area contributed by atoms with Gasteiger partial charge >= 0.3 is 0 Å². The van der Waals surface area contributed by atoms with Gasteiger partial charge in [0.2, 0.25) is 0 Å². The molecule has 1 N–H and O–H groups in total. The number of benzene rings is 1. The van der Waals surface area contributed by atoms with Crippen LogP contribution in [0.5, 0.6) is 0 Å². The van der Waals surface area contributed by atoms with Gasteiger partial charge in [0, 0.05) is 30.4 Å². The third-order valence-electron chi connectivity index (χ3n) is 4.61. The monoisotopic (exact) mass is 278 g/mol. The molecule has 3 rings (SSSR count). The minimum absolute atomic E-state index is 0.304. The molecular formula is C16H23FN2O. The molecule has 2 saturated heterocycles. The molecule has 2 aliphatic heterocycles. The maximum absolute atomic E-state index is 14.0. The highest BCUT2D eigenvalue weighted by Crippen LogP contribution is 2.32. The summed E-state index contributed by atoms with van der Waals surface area (Å²) in [6.45, 7) is 5.93. The normalized spacial score (nSPS) is 25.4. The van der Waals surface area contributed by atoms with Crippen LogP contribution in [-0.4, -0.2) is 42.2 Å². The van der Waals surface area contributed by atoms with Crippen molar-refractivity contribution in [1.29, 1.82) is 0 Å². The minimum atomic E-state index is -0.767. The Bertz CT molecular complexity index is 472. The Balaban J connectivity index is 1.79. The van der Waals surface area contributed by atoms with E-state index in [0.29, 0.717) is 11.6 Å². The highest BCUT2D eigenvalue weighted by atomic mass is 19.1. The van der Waals surface area contributed by atoms with Gasteiger partial charge in [-0.2, -0.15) is 0 Å². The van der Waals surface area contributed by atoms with E-state index >= 15 is 0 Å². The Hall–Kier alpha value is -1.13. The van der Waals surface area contributed by atoms with Crippen molar-refractivity contribution in [3.05, 3.63) is 29.6 Å². The Morgan fingerprint density at radius 3 is 2.70 bits per heavy atom. The van der Waals surface area contributed by atoms with Gasteiger partial charge in [-0.05, 0) is 51.4 Å². The van der Waals surface area contributed by atoms with Crippen LogP contribution >= 0.6 is 0 Å². The second-order valence-corrected chi connectivity index (χ2v) is 5.98. The van der Waals surface area contributed by atoms with E-state index < -0.39 is 6.10 Å². The average molecular weight is 278 g/mol. The number of anilines is 1. The first-order chi connectivity index (χ1) is 9.66. The predicted octanol–water partition coefficient (Wildman–Crippen LogP) is 2.55. The molecule has 0 aromatic heterocycles. The third-order valence-corrected chi connectivity index (χ3v) is 4.61. The zero-order chi connectivity index (χ0) is 14.1. The fraction of sp³-hybridized carbons (Fsp3) is 0.625. The molecule has 20 heavy (non-hydrogen) atoms. The molecule has 2 aliphatic rings. The van der Waals surface area contributed by atoms with Gasteiger partial charge in [0.1, 0.15) is 5.82 Å². The van der Waals surface area contributed by atoms with Crippen molar-refractivity contribution in [2.75, 3.05) is 31.1 Å². The second kappa shape index (κ2) is 5.70. The van der Waals surface area contributed by atoms with Gasteiger partial charge in [0.05, 0.1) is 6.10 Å². The van der Waals surface area contributed by atoms with E-state index in [1.165, 1.54) is 32.0 Å². The van der Waals surface area contributed by atoms with E-state index in [4.69, 9.17) is 0 Å². The number of nitrogens with zero attached hydrogens (tertiary/aromatic N) is 2. The van der Waals surface area contributed by atoms with Crippen LogP contribution in [0.1, 0.15) is 37.9 Å². The van der Waals surface area contributed by atoms with Gasteiger partial charge in [0.25, 0.3) is 0 Å². The van der Waals surface area contributed by atoms with Crippen molar-refractivity contribution in [3.8, 4) is 0 Å². The quantitative estimate of drug-likeness (QED) is 0.920. The molecule has 0 aliphatic carbocycles. The molecule has 0 bridgehead atoms. The summed E-state index contributed by atoms with van der Waals surface area (Å²) in [5.74, 6) is -0.304. The first kappa shape index (κ1) is 13.8. The topological polar surface area (TPSA) is 26.7 Å². The predicted molar refractivity (Wildman–Crippen MR) is 78.5 cm³/mol. The molecule has 4 heteroatoms. The molecule has 1 aromatic carbocycles. The number of halogens is 1. The van der Waals surface area contributed by atoms with Crippen molar-refractivity contribution >= 4 is 5.69 Å². The number of aliphatic hydroxyl groups is 1. The molecule has 0 amide bonds. The molecule has 2 unspecified atom stereocenters. The van der Waals surface area contributed by atoms with Gasteiger partial charge in [-0.1, -0.05) is 6.07 Å². The molecule has 3 nitrogen and oxygen atoms in total. The largest absolute Gasteiger partial charge is 0.389 e. The van der Waals surface area contributed by atoms with E-state index in [-0.39, 0.29) is 5.82 Å². The van der Waals surface area contributed by atoms with Crippen LogP contribution in [-0.2, 0) is 0 Å². The second-order valence-electron chi connectivity index (χ2n) is 5.98. The van der Waals surface area contributed by atoms with Crippen molar-refractivity contribution < 1.29 is 9.50 Å². The summed E-state index contributed by atoms with van der Waals surface area (Å²) < 4.78 is 14.0. The molecule has 2 atom stereocenters. The summed E-state index contributed by atoms with van der Waals surface area (Å²) >= 11 is 0. The van der Waals surface area contributed by atoms with E-state index in [1.807, 2.05) is 6.07 Å². The van der Waals surface area contributed by atoms with Gasteiger partial charge < -0.3 is 10.0 Å². The molecule has 2 heterocycles. The highest BCUT2D eigenvalue weighted by Gasteiger charge is 2.31. The van der Waals surface area contributed by atoms with E-state index in [1.54, 1.807) is 13.0 Å². The van der Waals surface area contributed by atoms with Crippen molar-refractivity contribution in [1.82, 2.24) is 4.90 Å². The Kier molecular flexibility index (Phi) is 3.94. The summed E-state index contributed by atoms with van der Waals surface area (Å²) in [4.78, 5) is 4.79. The van der Waals surface area contributed by atoms with Crippen LogP contribution < -0.4 is 4.90 Å². The number of hydrogen-bond donors (Lipinski definition) is 1. The lowest BCUT2D eigenvalue weighted by Crippen LogP contribution is -2.35. The molecule has 1 aromatic rings. The lowest BCUT2D eigenvalue weighted by atomic mass is 10.1. The van der Waals surface area contributed by atoms with Crippen LogP contribution in [0.4, 0.5) is 10.1 Å². The maximum Gasteiger partial charge on any atom is 0.131 e. The summed E-state index contributed by atoms with van der Waals surface area (Å²) in [5, 5.41) is 9.85. The standard InChI is InChI=1S/C16H23FN2O/c1-12(20)16-14(17)5-4-6-15(16)19-10-7-13(11-19)18-8-2-3-9-18/h4-6,12-13,20H,2-3,7-11H2,1H3. The zero-order valence-corrected chi connectivity index (χ0v) is 12.1. The SMILES string of the molecule is CC(O)c1c(F)cccc1N1CCC(N2CCCC2)C1. The van der Waals surface area contributed by atoms with Crippen LogP contribution in [0.3, 0.4) is 0 Å². The number of aliphatic hydroxyl groups excluding tert-OH is 1. The van der Waals surface area contributed by atoms with Crippen LogP contribution in [0.2, 0.25) is 0 Å². The lowest BCUT2D eigenvalue weighted by Gasteiger charge is -2.26. The van der Waals surface area contributed by atoms with Gasteiger partial charge in [-0.25, -0.2) is 4.39 Å². The first-order valence-corrected chi connectivity index (χ1v) is 7.62. The maximum atomic E-state index is 14.0. The van der Waals surface area contributed by atoms with E-state index in [0.717, 1.165) is 25.2 Å². The molecule has 0 saturated carbocycles. The fourth-order valence-corrected chi connectivity index (χ4v) is 3.58. The number of likely N-dealkylation sites (tertiary alicyclic amines) is 1. The zero-order valence-electron chi connectivity index (χ0n) is 12.1. The first-order valence-electron chi connectivity index (χ1n) is 7.62. The van der Waals surface area contributed by atoms with Crippen LogP contribution in [0.25, 0.3) is 0 Å². The molecule has 110 valence electrons. The Morgan fingerprint density at radius 2 is 2.00 bits per heavy atom.